The largest absolute Gasteiger partial charge is 0.397 e. The third kappa shape index (κ3) is 3.12. The number of allylic oxidation sites excluding steroid dienone is 2. The average molecular weight is 288 g/mol. The van der Waals surface area contributed by atoms with Crippen LogP contribution in [0.2, 0.25) is 0 Å². The van der Waals surface area contributed by atoms with E-state index in [1.165, 1.54) is 0 Å². The van der Waals surface area contributed by atoms with Crippen LogP contribution in [0, 0.1) is 5.41 Å². The first kappa shape index (κ1) is 13.8. The lowest BCUT2D eigenvalue weighted by Crippen LogP contribution is -2.21. The molecule has 1 aliphatic carbocycles. The van der Waals surface area contributed by atoms with E-state index in [0.29, 0.717) is 22.8 Å². The van der Waals surface area contributed by atoms with Gasteiger partial charge in [-0.15, -0.1) is 0 Å². The zero-order valence-electron chi connectivity index (χ0n) is 12.0. The maximum absolute atomic E-state index is 8.05. The van der Waals surface area contributed by atoms with Crippen LogP contribution >= 0.6 is 0 Å². The number of rotatable bonds is 3. The Morgan fingerprint density at radius 2 is 1.50 bits per heavy atom. The molecule has 3 rings (SSSR count). The maximum Gasteiger partial charge on any atom is 0.0888 e. The second-order valence-corrected chi connectivity index (χ2v) is 4.89. The summed E-state index contributed by atoms with van der Waals surface area (Å²) in [6.07, 6.45) is 3.42. The van der Waals surface area contributed by atoms with Gasteiger partial charge in [-0.25, -0.2) is 4.99 Å². The van der Waals surface area contributed by atoms with Crippen LogP contribution in [0.15, 0.2) is 89.2 Å². The zero-order valence-corrected chi connectivity index (χ0v) is 12.0. The van der Waals surface area contributed by atoms with Crippen molar-refractivity contribution in [2.75, 3.05) is 5.32 Å². The van der Waals surface area contributed by atoms with Crippen LogP contribution in [0.3, 0.4) is 0 Å². The molecule has 2 aromatic carbocycles. The Bertz CT molecular complexity index is 771. The molecule has 0 unspecified atom stereocenters. The molecule has 0 heterocycles. The fourth-order valence-electron chi connectivity index (χ4n) is 2.12. The van der Waals surface area contributed by atoms with Gasteiger partial charge in [-0.3, -0.25) is 5.41 Å². The van der Waals surface area contributed by atoms with Crippen molar-refractivity contribution in [1.29, 1.82) is 5.41 Å². The van der Waals surface area contributed by atoms with Gasteiger partial charge in [0.05, 0.1) is 28.5 Å². The number of para-hydroxylation sites is 2. The second-order valence-electron chi connectivity index (χ2n) is 4.89. The smallest absolute Gasteiger partial charge is 0.0888 e. The summed E-state index contributed by atoms with van der Waals surface area (Å²) in [6, 6.07) is 19.4. The molecule has 4 nitrogen and oxygen atoms in total. The van der Waals surface area contributed by atoms with Gasteiger partial charge in [-0.2, -0.15) is 0 Å². The monoisotopic (exact) mass is 288 g/mol. The lowest BCUT2D eigenvalue weighted by Gasteiger charge is -2.16. The molecule has 2 aromatic rings. The van der Waals surface area contributed by atoms with Gasteiger partial charge >= 0.3 is 0 Å². The van der Waals surface area contributed by atoms with Crippen molar-refractivity contribution in [1.82, 2.24) is 0 Å². The zero-order chi connectivity index (χ0) is 15.4. The summed E-state index contributed by atoms with van der Waals surface area (Å²) >= 11 is 0. The van der Waals surface area contributed by atoms with Gasteiger partial charge in [-0.1, -0.05) is 36.4 Å². The summed E-state index contributed by atoms with van der Waals surface area (Å²) in [7, 11) is 0. The van der Waals surface area contributed by atoms with E-state index >= 15 is 0 Å². The minimum Gasteiger partial charge on any atom is -0.397 e. The molecule has 0 aliphatic heterocycles. The fourth-order valence-corrected chi connectivity index (χ4v) is 2.12. The van der Waals surface area contributed by atoms with Crippen LogP contribution in [0.5, 0.6) is 0 Å². The molecule has 0 bridgehead atoms. The minimum absolute atomic E-state index is 0.341. The molecule has 108 valence electrons. The molecule has 4 N–H and O–H groups in total. The van der Waals surface area contributed by atoms with Crippen LogP contribution in [-0.4, -0.2) is 11.4 Å². The summed E-state index contributed by atoms with van der Waals surface area (Å²) in [4.78, 5) is 4.54. The topological polar surface area (TPSA) is 74.3 Å². The van der Waals surface area contributed by atoms with Crippen molar-refractivity contribution in [2.24, 2.45) is 10.7 Å². The third-order valence-corrected chi connectivity index (χ3v) is 3.23. The third-order valence-electron chi connectivity index (χ3n) is 3.23. The normalized spacial score (nSPS) is 16.2. The van der Waals surface area contributed by atoms with Gasteiger partial charge in [0, 0.05) is 5.69 Å². The maximum atomic E-state index is 8.05. The molecule has 22 heavy (non-hydrogen) atoms. The van der Waals surface area contributed by atoms with Crippen molar-refractivity contribution in [2.45, 2.75) is 0 Å². The number of nitrogens with two attached hydrogens (primary N) is 1. The van der Waals surface area contributed by atoms with Gasteiger partial charge in [0.25, 0.3) is 0 Å². The lowest BCUT2D eigenvalue weighted by molar-refractivity contribution is 1.37. The highest BCUT2D eigenvalue weighted by Crippen LogP contribution is 2.18. The van der Waals surface area contributed by atoms with Crippen LogP contribution in [-0.2, 0) is 0 Å². The molecule has 0 fully saturated rings. The lowest BCUT2D eigenvalue weighted by atomic mass is 10.0. The molecular formula is C18H16N4. The van der Waals surface area contributed by atoms with Gasteiger partial charge in [0.2, 0.25) is 0 Å². The number of benzene rings is 2. The van der Waals surface area contributed by atoms with E-state index in [4.69, 9.17) is 11.1 Å². The van der Waals surface area contributed by atoms with Gasteiger partial charge in [0.15, 0.2) is 0 Å². The Balaban J connectivity index is 1.92. The van der Waals surface area contributed by atoms with Crippen molar-refractivity contribution in [3.05, 3.63) is 84.2 Å². The quantitative estimate of drug-likeness (QED) is 0.754. The van der Waals surface area contributed by atoms with Crippen molar-refractivity contribution >= 4 is 22.8 Å². The molecule has 4 heteroatoms. The molecule has 0 spiro atoms. The van der Waals surface area contributed by atoms with E-state index in [1.54, 1.807) is 12.2 Å². The summed E-state index contributed by atoms with van der Waals surface area (Å²) in [6.45, 7) is 0. The number of hydrogen-bond acceptors (Lipinski definition) is 4. The van der Waals surface area contributed by atoms with Gasteiger partial charge in [0.1, 0.15) is 0 Å². The molecular weight excluding hydrogens is 272 g/mol. The molecule has 0 saturated carbocycles. The van der Waals surface area contributed by atoms with E-state index in [9.17, 15) is 0 Å². The molecule has 0 atom stereocenters. The van der Waals surface area contributed by atoms with E-state index < -0.39 is 0 Å². The molecule has 0 aromatic heterocycles. The predicted molar refractivity (Wildman–Crippen MR) is 91.7 cm³/mol. The minimum atomic E-state index is 0.341. The van der Waals surface area contributed by atoms with Crippen molar-refractivity contribution in [3.63, 3.8) is 0 Å². The second kappa shape index (κ2) is 6.10. The molecule has 0 saturated heterocycles. The van der Waals surface area contributed by atoms with Gasteiger partial charge < -0.3 is 11.1 Å². The van der Waals surface area contributed by atoms with E-state index in [0.717, 1.165) is 11.4 Å². The first-order valence-corrected chi connectivity index (χ1v) is 6.96. The van der Waals surface area contributed by atoms with E-state index in [1.807, 2.05) is 60.7 Å². The summed E-state index contributed by atoms with van der Waals surface area (Å²) in [5.74, 6) is 0. The Labute approximate surface area is 129 Å². The van der Waals surface area contributed by atoms with Crippen LogP contribution < -0.4 is 11.1 Å². The SMILES string of the molecule is N=C1C=C(N)C(=Nc2ccccc2)C=C1Nc1ccccc1. The Hall–Kier alpha value is -3.14. The van der Waals surface area contributed by atoms with Gasteiger partial charge in [-0.05, 0) is 36.4 Å². The summed E-state index contributed by atoms with van der Waals surface area (Å²) < 4.78 is 0. The van der Waals surface area contributed by atoms with Crippen molar-refractivity contribution < 1.29 is 0 Å². The molecule has 0 radical (unpaired) electrons. The fraction of sp³-hybridized carbons (Fsp3) is 0. The molecule has 0 amide bonds. The van der Waals surface area contributed by atoms with E-state index in [-0.39, 0.29) is 0 Å². The van der Waals surface area contributed by atoms with Crippen molar-refractivity contribution in [3.8, 4) is 0 Å². The average Bonchev–Trinajstić information content (AvgIpc) is 2.54. The highest BCUT2D eigenvalue weighted by Gasteiger charge is 2.14. The highest BCUT2D eigenvalue weighted by molar-refractivity contribution is 6.23. The number of nitrogens with zero attached hydrogens (tertiary/aromatic N) is 1. The van der Waals surface area contributed by atoms with Crippen LogP contribution in [0.25, 0.3) is 0 Å². The summed E-state index contributed by atoms with van der Waals surface area (Å²) in [5.41, 5.74) is 9.91. The number of aliphatic imine (C=N–C) groups is 1. The Morgan fingerprint density at radius 1 is 0.864 bits per heavy atom. The predicted octanol–water partition coefficient (Wildman–Crippen LogP) is 3.63. The first-order chi connectivity index (χ1) is 10.7. The van der Waals surface area contributed by atoms with Crippen LogP contribution in [0.4, 0.5) is 11.4 Å². The molecule has 1 aliphatic rings. The number of hydrogen-bond donors (Lipinski definition) is 3. The highest BCUT2D eigenvalue weighted by atomic mass is 14.9. The van der Waals surface area contributed by atoms with Crippen LogP contribution in [0.1, 0.15) is 0 Å². The standard InChI is InChI=1S/C18H16N4/c19-15-11-16(20)18(22-14-9-5-2-6-10-14)12-17(15)21-13-7-3-1-4-8-13/h1-12,19,21H,20H2. The van der Waals surface area contributed by atoms with E-state index in [2.05, 4.69) is 10.3 Å². The Kier molecular flexibility index (Phi) is 3.83. The Morgan fingerprint density at radius 3 is 2.18 bits per heavy atom. The first-order valence-electron chi connectivity index (χ1n) is 6.96. The number of anilines is 1. The number of nitrogens with one attached hydrogen (secondary N) is 2. The summed E-state index contributed by atoms with van der Waals surface area (Å²) in [5, 5.41) is 11.3.